The minimum Gasteiger partial charge on any atom is -0.468 e. The first-order valence-corrected chi connectivity index (χ1v) is 12.6. The summed E-state index contributed by atoms with van der Waals surface area (Å²) in [4.78, 5) is 54.1. The molecule has 2 saturated heterocycles. The Bertz CT molecular complexity index is 1170. The standard InChI is InChI=1S/C26H28N2O5S/c1-15-8-5-6-11-19(15)22-20-21(26(27-22,12-13-34-4)25(32)33-3)24(31)28(23(20)30)18-10-7-9-17(14-18)16(2)29/h5-11,14,20-22,27H,12-13H2,1-4H3/t20-,21-,22-,26-/m0/s1. The number of rotatable bonds is 7. The molecule has 2 amide bonds. The van der Waals surface area contributed by atoms with Crippen molar-refractivity contribution in [1.29, 1.82) is 0 Å². The first-order chi connectivity index (χ1) is 16.3. The van der Waals surface area contributed by atoms with E-state index in [1.165, 1.54) is 14.0 Å². The van der Waals surface area contributed by atoms with Crippen LogP contribution < -0.4 is 10.2 Å². The highest BCUT2D eigenvalue weighted by molar-refractivity contribution is 7.98. The number of Topliss-reactive ketones (excluding diaryl/α,β-unsaturated/α-hetero) is 1. The van der Waals surface area contributed by atoms with E-state index in [0.29, 0.717) is 23.4 Å². The number of benzene rings is 2. The Morgan fingerprint density at radius 3 is 2.50 bits per heavy atom. The number of esters is 1. The minimum atomic E-state index is -1.34. The summed E-state index contributed by atoms with van der Waals surface area (Å²) in [5.41, 5.74) is 1.23. The second kappa shape index (κ2) is 9.35. The molecule has 2 aromatic rings. The second-order valence-corrected chi connectivity index (χ2v) is 9.79. The predicted molar refractivity (Wildman–Crippen MR) is 131 cm³/mol. The Kier molecular flexibility index (Phi) is 6.64. The molecule has 8 heteroatoms. The number of methoxy groups -OCH3 is 1. The highest BCUT2D eigenvalue weighted by atomic mass is 32.2. The number of nitrogens with zero attached hydrogens (tertiary/aromatic N) is 1. The number of hydrogen-bond acceptors (Lipinski definition) is 7. The zero-order valence-electron chi connectivity index (χ0n) is 19.7. The lowest BCUT2D eigenvalue weighted by Gasteiger charge is -2.32. The molecule has 2 fully saturated rings. The number of ketones is 1. The van der Waals surface area contributed by atoms with Crippen LogP contribution in [0, 0.1) is 18.8 Å². The lowest BCUT2D eigenvalue weighted by molar-refractivity contribution is -0.152. The number of aryl methyl sites for hydroxylation is 1. The number of amides is 2. The zero-order chi connectivity index (χ0) is 24.6. The number of anilines is 1. The molecule has 0 aliphatic carbocycles. The molecule has 7 nitrogen and oxygen atoms in total. The highest BCUT2D eigenvalue weighted by Crippen LogP contribution is 2.52. The van der Waals surface area contributed by atoms with Crippen molar-refractivity contribution < 1.29 is 23.9 Å². The smallest absolute Gasteiger partial charge is 0.326 e. The van der Waals surface area contributed by atoms with Gasteiger partial charge in [-0.1, -0.05) is 36.4 Å². The summed E-state index contributed by atoms with van der Waals surface area (Å²) in [5, 5.41) is 3.40. The van der Waals surface area contributed by atoms with Gasteiger partial charge in [0.25, 0.3) is 0 Å². The van der Waals surface area contributed by atoms with E-state index in [-0.39, 0.29) is 11.7 Å². The van der Waals surface area contributed by atoms with Crippen molar-refractivity contribution in [3.63, 3.8) is 0 Å². The number of carbonyl (C=O) groups is 4. The number of carbonyl (C=O) groups excluding carboxylic acids is 4. The molecule has 4 atom stereocenters. The van der Waals surface area contributed by atoms with E-state index in [0.717, 1.165) is 16.0 Å². The maximum Gasteiger partial charge on any atom is 0.326 e. The monoisotopic (exact) mass is 480 g/mol. The van der Waals surface area contributed by atoms with Crippen LogP contribution in [0.5, 0.6) is 0 Å². The average molecular weight is 481 g/mol. The third-order valence-electron chi connectivity index (χ3n) is 6.94. The Labute approximate surface area is 203 Å². The second-order valence-electron chi connectivity index (χ2n) is 8.81. The molecule has 2 aliphatic heterocycles. The summed E-state index contributed by atoms with van der Waals surface area (Å²) >= 11 is 1.56. The van der Waals surface area contributed by atoms with Crippen molar-refractivity contribution in [2.45, 2.75) is 31.8 Å². The van der Waals surface area contributed by atoms with Crippen LogP contribution in [0.15, 0.2) is 48.5 Å². The summed E-state index contributed by atoms with van der Waals surface area (Å²) in [6.45, 7) is 3.38. The summed E-state index contributed by atoms with van der Waals surface area (Å²) < 4.78 is 5.19. The van der Waals surface area contributed by atoms with Gasteiger partial charge < -0.3 is 4.74 Å². The molecule has 0 aromatic heterocycles. The fourth-order valence-electron chi connectivity index (χ4n) is 5.29. The number of imide groups is 1. The van der Waals surface area contributed by atoms with E-state index in [1.54, 1.807) is 36.0 Å². The fraction of sp³-hybridized carbons (Fsp3) is 0.385. The predicted octanol–water partition coefficient (Wildman–Crippen LogP) is 3.31. The van der Waals surface area contributed by atoms with Crippen molar-refractivity contribution in [2.75, 3.05) is 24.0 Å². The van der Waals surface area contributed by atoms with E-state index in [2.05, 4.69) is 5.32 Å². The van der Waals surface area contributed by atoms with Crippen LogP contribution in [0.4, 0.5) is 5.69 Å². The molecule has 4 rings (SSSR count). The van der Waals surface area contributed by atoms with Gasteiger partial charge in [0.05, 0.1) is 24.6 Å². The molecule has 0 radical (unpaired) electrons. The van der Waals surface area contributed by atoms with Crippen LogP contribution in [0.1, 0.15) is 40.9 Å². The minimum absolute atomic E-state index is 0.163. The molecular weight excluding hydrogens is 452 g/mol. The summed E-state index contributed by atoms with van der Waals surface area (Å²) in [7, 11) is 1.30. The zero-order valence-corrected chi connectivity index (χ0v) is 20.5. The van der Waals surface area contributed by atoms with Gasteiger partial charge in [0.2, 0.25) is 11.8 Å². The van der Waals surface area contributed by atoms with Crippen molar-refractivity contribution >= 4 is 41.0 Å². The Morgan fingerprint density at radius 1 is 1.12 bits per heavy atom. The van der Waals surface area contributed by atoms with Crippen LogP contribution in [-0.2, 0) is 19.1 Å². The Morgan fingerprint density at radius 2 is 1.85 bits per heavy atom. The van der Waals surface area contributed by atoms with Gasteiger partial charge in [0.15, 0.2) is 5.78 Å². The summed E-state index contributed by atoms with van der Waals surface area (Å²) in [6.07, 6.45) is 2.27. The van der Waals surface area contributed by atoms with Crippen LogP contribution >= 0.6 is 11.8 Å². The van der Waals surface area contributed by atoms with Gasteiger partial charge in [-0.2, -0.15) is 11.8 Å². The van der Waals surface area contributed by atoms with Crippen molar-refractivity contribution in [3.05, 3.63) is 65.2 Å². The third-order valence-corrected chi connectivity index (χ3v) is 7.55. The maximum absolute atomic E-state index is 13.9. The van der Waals surface area contributed by atoms with Gasteiger partial charge in [0.1, 0.15) is 5.54 Å². The van der Waals surface area contributed by atoms with E-state index in [1.807, 2.05) is 37.4 Å². The molecule has 0 bridgehead atoms. The molecule has 1 N–H and O–H groups in total. The molecule has 0 unspecified atom stereocenters. The number of thioether (sulfide) groups is 1. The Balaban J connectivity index is 1.88. The number of ether oxygens (including phenoxy) is 1. The van der Waals surface area contributed by atoms with Gasteiger partial charge in [-0.15, -0.1) is 0 Å². The van der Waals surface area contributed by atoms with Gasteiger partial charge in [-0.25, -0.2) is 4.90 Å². The topological polar surface area (TPSA) is 92.8 Å². The average Bonchev–Trinajstić information content (AvgIpc) is 3.31. The van der Waals surface area contributed by atoms with Gasteiger partial charge in [-0.05, 0) is 55.5 Å². The number of hydrogen-bond donors (Lipinski definition) is 1. The van der Waals surface area contributed by atoms with Gasteiger partial charge in [0, 0.05) is 11.6 Å². The van der Waals surface area contributed by atoms with E-state index in [4.69, 9.17) is 4.74 Å². The van der Waals surface area contributed by atoms with Crippen molar-refractivity contribution in [3.8, 4) is 0 Å². The third kappa shape index (κ3) is 3.75. The number of nitrogens with one attached hydrogen (secondary N) is 1. The molecule has 2 aromatic carbocycles. The lowest BCUT2D eigenvalue weighted by Crippen LogP contribution is -2.56. The van der Waals surface area contributed by atoms with Gasteiger partial charge >= 0.3 is 5.97 Å². The van der Waals surface area contributed by atoms with Crippen LogP contribution in [-0.4, -0.2) is 48.2 Å². The first-order valence-electron chi connectivity index (χ1n) is 11.2. The quantitative estimate of drug-likeness (QED) is 0.369. The van der Waals surface area contributed by atoms with Crippen LogP contribution in [0.2, 0.25) is 0 Å². The molecule has 178 valence electrons. The van der Waals surface area contributed by atoms with E-state index >= 15 is 0 Å². The molecule has 34 heavy (non-hydrogen) atoms. The van der Waals surface area contributed by atoms with Crippen LogP contribution in [0.3, 0.4) is 0 Å². The van der Waals surface area contributed by atoms with Crippen molar-refractivity contribution in [1.82, 2.24) is 5.32 Å². The van der Waals surface area contributed by atoms with E-state index in [9.17, 15) is 19.2 Å². The molecule has 0 saturated carbocycles. The highest BCUT2D eigenvalue weighted by Gasteiger charge is 2.68. The Hall–Kier alpha value is -2.97. The summed E-state index contributed by atoms with van der Waals surface area (Å²) in [6, 6.07) is 13.6. The molecule has 2 heterocycles. The van der Waals surface area contributed by atoms with Crippen molar-refractivity contribution in [2.24, 2.45) is 11.8 Å². The lowest BCUT2D eigenvalue weighted by atomic mass is 9.77. The normalized spacial score (nSPS) is 26.0. The fourth-order valence-corrected chi connectivity index (χ4v) is 5.81. The SMILES string of the molecule is COC(=O)[C@@]1(CCSC)N[C@@H](c2ccccc2C)[C@H]2C(=O)N(c3cccc(C(C)=O)c3)C(=O)[C@H]21. The maximum atomic E-state index is 13.9. The van der Waals surface area contributed by atoms with E-state index < -0.39 is 35.3 Å². The first kappa shape index (κ1) is 24.2. The molecule has 2 aliphatic rings. The summed E-state index contributed by atoms with van der Waals surface area (Å²) in [5.74, 6) is -2.65. The van der Waals surface area contributed by atoms with Gasteiger partial charge in [-0.3, -0.25) is 24.5 Å². The molecular formula is C26H28N2O5S. The number of fused-ring (bicyclic) bond motifs is 1. The molecule has 0 spiro atoms. The largest absolute Gasteiger partial charge is 0.468 e. The van der Waals surface area contributed by atoms with Crippen LogP contribution in [0.25, 0.3) is 0 Å².